The highest BCUT2D eigenvalue weighted by atomic mass is 19.1. The van der Waals surface area contributed by atoms with Crippen LogP contribution in [0.5, 0.6) is 0 Å². The molecule has 3 rings (SSSR count). The zero-order chi connectivity index (χ0) is 19.7. The number of hydrogen-bond donors (Lipinski definition) is 1. The first-order chi connectivity index (χ1) is 12.7. The van der Waals surface area contributed by atoms with Crippen molar-refractivity contribution in [2.45, 2.75) is 52.7 Å². The van der Waals surface area contributed by atoms with Crippen LogP contribution in [0.2, 0.25) is 0 Å². The monoisotopic (exact) mass is 368 g/mol. The Hall–Kier alpha value is -2.46. The van der Waals surface area contributed by atoms with Crippen LogP contribution in [0.4, 0.5) is 4.39 Å². The van der Waals surface area contributed by atoms with Gasteiger partial charge in [-0.25, -0.2) is 4.39 Å². The molecule has 0 spiro atoms. The predicted octanol–water partition coefficient (Wildman–Crippen LogP) is 4.81. The van der Waals surface area contributed by atoms with Crippen LogP contribution >= 0.6 is 0 Å². The molecule has 1 aliphatic heterocycles. The number of esters is 1. The van der Waals surface area contributed by atoms with Crippen molar-refractivity contribution in [2.24, 2.45) is 0 Å². The smallest absolute Gasteiger partial charge is 0.309 e. The number of ether oxygens (including phenoxy) is 1. The number of aliphatic hydroxyl groups excluding tert-OH is 1. The third kappa shape index (κ3) is 4.28. The van der Waals surface area contributed by atoms with Crippen molar-refractivity contribution in [3.05, 3.63) is 64.0 Å². The van der Waals surface area contributed by atoms with E-state index in [0.717, 1.165) is 27.8 Å². The lowest BCUT2D eigenvalue weighted by Crippen LogP contribution is -2.31. The Labute approximate surface area is 159 Å². The molecule has 2 aromatic rings. The van der Waals surface area contributed by atoms with E-state index >= 15 is 0 Å². The fraction of sp³-hybridized carbons (Fsp3) is 0.348. The molecular weight excluding hydrogens is 343 g/mol. The molecule has 1 saturated heterocycles. The summed E-state index contributed by atoms with van der Waals surface area (Å²) in [4.78, 5) is 11.6. The number of aryl methyl sites for hydroxylation is 4. The van der Waals surface area contributed by atoms with Crippen molar-refractivity contribution in [3.63, 3.8) is 0 Å². The van der Waals surface area contributed by atoms with Crippen molar-refractivity contribution < 1.29 is 19.0 Å². The fourth-order valence-electron chi connectivity index (χ4n) is 3.67. The maximum absolute atomic E-state index is 14.1. The molecule has 2 atom stereocenters. The molecule has 0 amide bonds. The van der Waals surface area contributed by atoms with E-state index in [1.165, 1.54) is 0 Å². The number of cyclic esters (lactones) is 1. The highest BCUT2D eigenvalue weighted by Gasteiger charge is 2.25. The fourth-order valence-corrected chi connectivity index (χ4v) is 3.67. The number of aliphatic hydroxyl groups is 1. The van der Waals surface area contributed by atoms with E-state index in [1.807, 2.05) is 38.1 Å². The van der Waals surface area contributed by atoms with Gasteiger partial charge in [-0.1, -0.05) is 23.8 Å². The molecule has 0 radical (unpaired) electrons. The molecule has 3 nitrogen and oxygen atoms in total. The highest BCUT2D eigenvalue weighted by Crippen LogP contribution is 2.32. The average Bonchev–Trinajstić information content (AvgIpc) is 2.57. The van der Waals surface area contributed by atoms with Gasteiger partial charge in [-0.15, -0.1) is 0 Å². The van der Waals surface area contributed by atoms with Gasteiger partial charge in [-0.3, -0.25) is 4.79 Å². The van der Waals surface area contributed by atoms with Crippen LogP contribution in [-0.4, -0.2) is 23.3 Å². The highest BCUT2D eigenvalue weighted by molar-refractivity contribution is 5.79. The van der Waals surface area contributed by atoms with Crippen LogP contribution in [-0.2, 0) is 9.53 Å². The quantitative estimate of drug-likeness (QED) is 0.791. The van der Waals surface area contributed by atoms with Crippen molar-refractivity contribution in [3.8, 4) is 11.1 Å². The lowest BCUT2D eigenvalue weighted by Gasteiger charge is -2.23. The summed E-state index contributed by atoms with van der Waals surface area (Å²) in [6, 6.07) is 7.89. The van der Waals surface area contributed by atoms with Gasteiger partial charge in [-0.05, 0) is 79.3 Å². The average molecular weight is 368 g/mol. The van der Waals surface area contributed by atoms with Gasteiger partial charge < -0.3 is 9.84 Å². The molecule has 0 bridgehead atoms. The van der Waals surface area contributed by atoms with Crippen LogP contribution in [0.25, 0.3) is 17.2 Å². The summed E-state index contributed by atoms with van der Waals surface area (Å²) in [5.74, 6) is -0.558. The van der Waals surface area contributed by atoms with Gasteiger partial charge in [0.25, 0.3) is 0 Å². The Morgan fingerprint density at radius 1 is 1.07 bits per heavy atom. The summed E-state index contributed by atoms with van der Waals surface area (Å²) >= 11 is 0. The maximum atomic E-state index is 14.1. The normalized spacial score (nSPS) is 20.1. The Kier molecular flexibility index (Phi) is 5.47. The third-order valence-electron chi connectivity index (χ3n) is 4.95. The van der Waals surface area contributed by atoms with Crippen molar-refractivity contribution >= 4 is 12.0 Å². The topological polar surface area (TPSA) is 46.5 Å². The number of carbonyl (C=O) groups is 1. The molecule has 0 aromatic heterocycles. The molecule has 1 fully saturated rings. The molecule has 1 aliphatic rings. The van der Waals surface area contributed by atoms with Crippen molar-refractivity contribution in [1.29, 1.82) is 0 Å². The second kappa shape index (κ2) is 7.65. The second-order valence-corrected chi connectivity index (χ2v) is 7.45. The lowest BCUT2D eigenvalue weighted by molar-refractivity contribution is -0.156. The Morgan fingerprint density at radius 2 is 1.74 bits per heavy atom. The maximum Gasteiger partial charge on any atom is 0.309 e. The SMILES string of the molecule is Cc1cc(C)c(/C=C/[C@@H]2C[C@@H](O)CC(=O)O2)c(-c2cc(C)c(F)c(C)c2)c1. The van der Waals surface area contributed by atoms with Crippen LogP contribution in [0, 0.1) is 33.5 Å². The molecule has 0 aliphatic carbocycles. The number of hydrogen-bond acceptors (Lipinski definition) is 3. The van der Waals surface area contributed by atoms with E-state index in [4.69, 9.17) is 4.74 Å². The molecule has 2 aromatic carbocycles. The Morgan fingerprint density at radius 3 is 2.37 bits per heavy atom. The van der Waals surface area contributed by atoms with E-state index in [1.54, 1.807) is 13.8 Å². The summed E-state index contributed by atoms with van der Waals surface area (Å²) in [5.41, 5.74) is 6.41. The van der Waals surface area contributed by atoms with Crippen LogP contribution < -0.4 is 0 Å². The summed E-state index contributed by atoms with van der Waals surface area (Å²) in [7, 11) is 0. The van der Waals surface area contributed by atoms with Crippen molar-refractivity contribution in [1.82, 2.24) is 0 Å². The van der Waals surface area contributed by atoms with Gasteiger partial charge in [-0.2, -0.15) is 0 Å². The molecule has 142 valence electrons. The number of halogens is 1. The number of carbonyl (C=O) groups excluding carboxylic acids is 1. The van der Waals surface area contributed by atoms with Gasteiger partial charge >= 0.3 is 5.97 Å². The molecule has 4 heteroatoms. The molecule has 1 heterocycles. The van der Waals surface area contributed by atoms with E-state index in [-0.39, 0.29) is 18.2 Å². The zero-order valence-corrected chi connectivity index (χ0v) is 16.2. The van der Waals surface area contributed by atoms with Crippen LogP contribution in [0.3, 0.4) is 0 Å². The predicted molar refractivity (Wildman–Crippen MR) is 105 cm³/mol. The summed E-state index contributed by atoms with van der Waals surface area (Å²) in [6.45, 7) is 7.60. The molecule has 0 unspecified atom stereocenters. The van der Waals surface area contributed by atoms with E-state index in [2.05, 4.69) is 12.1 Å². The van der Waals surface area contributed by atoms with E-state index < -0.39 is 12.2 Å². The zero-order valence-electron chi connectivity index (χ0n) is 16.2. The third-order valence-corrected chi connectivity index (χ3v) is 4.95. The van der Waals surface area contributed by atoms with Gasteiger partial charge in [0.1, 0.15) is 11.9 Å². The number of rotatable bonds is 3. The first kappa shape index (κ1) is 19.3. The largest absolute Gasteiger partial charge is 0.458 e. The van der Waals surface area contributed by atoms with Crippen LogP contribution in [0.1, 0.15) is 40.7 Å². The van der Waals surface area contributed by atoms with Gasteiger partial charge in [0.2, 0.25) is 0 Å². The minimum atomic E-state index is -0.665. The molecule has 27 heavy (non-hydrogen) atoms. The molecule has 0 saturated carbocycles. The Balaban J connectivity index is 2.03. The van der Waals surface area contributed by atoms with Crippen molar-refractivity contribution in [2.75, 3.05) is 0 Å². The standard InChI is InChI=1S/C23H25FO3/c1-13-7-14(2)20(6-5-19-11-18(25)12-22(26)27-19)21(8-13)17-9-15(3)23(24)16(4)10-17/h5-10,18-19,25H,11-12H2,1-4H3/b6-5+/t18-,19-/m1/s1. The molecule has 1 N–H and O–H groups in total. The summed E-state index contributed by atoms with van der Waals surface area (Å²) in [6.07, 6.45) is 3.11. The van der Waals surface area contributed by atoms with Gasteiger partial charge in [0.15, 0.2) is 0 Å². The second-order valence-electron chi connectivity index (χ2n) is 7.45. The van der Waals surface area contributed by atoms with E-state index in [9.17, 15) is 14.3 Å². The first-order valence-corrected chi connectivity index (χ1v) is 9.18. The van der Waals surface area contributed by atoms with Crippen LogP contribution in [0.15, 0.2) is 30.3 Å². The van der Waals surface area contributed by atoms with E-state index in [0.29, 0.717) is 17.5 Å². The minimum Gasteiger partial charge on any atom is -0.458 e. The molecular formula is C23H25FO3. The number of benzene rings is 2. The lowest BCUT2D eigenvalue weighted by atomic mass is 9.91. The minimum absolute atomic E-state index is 0.0489. The Bertz CT molecular complexity index is 891. The summed E-state index contributed by atoms with van der Waals surface area (Å²) < 4.78 is 19.4. The first-order valence-electron chi connectivity index (χ1n) is 9.18. The van der Waals surface area contributed by atoms with Gasteiger partial charge in [0.05, 0.1) is 12.5 Å². The summed E-state index contributed by atoms with van der Waals surface area (Å²) in [5, 5.41) is 9.79. The van der Waals surface area contributed by atoms with Gasteiger partial charge in [0, 0.05) is 6.42 Å².